The van der Waals surface area contributed by atoms with Gasteiger partial charge in [-0.05, 0) is 110 Å². The van der Waals surface area contributed by atoms with Crippen molar-refractivity contribution in [3.05, 3.63) is 118 Å². The van der Waals surface area contributed by atoms with E-state index in [0.717, 1.165) is 145 Å². The molecule has 0 unspecified atom stereocenters. The predicted molar refractivity (Wildman–Crippen MR) is 248 cm³/mol. The molecule has 6 heteroatoms. The minimum absolute atomic E-state index is 0.322. The molecule has 0 bridgehead atoms. The Morgan fingerprint density at radius 2 is 0.776 bits per heavy atom. The van der Waals surface area contributed by atoms with Crippen LogP contribution < -0.4 is 9.47 Å². The van der Waals surface area contributed by atoms with E-state index in [1.54, 1.807) is 22.7 Å². The summed E-state index contributed by atoms with van der Waals surface area (Å²) in [6, 6.07) is 29.8. The first kappa shape index (κ1) is 43.1. The van der Waals surface area contributed by atoms with Gasteiger partial charge in [-0.1, -0.05) is 126 Å². The van der Waals surface area contributed by atoms with Crippen LogP contribution in [0.25, 0.3) is 43.1 Å². The van der Waals surface area contributed by atoms with Crippen LogP contribution in [0.1, 0.15) is 114 Å². The second-order valence-electron chi connectivity index (χ2n) is 15.5. The van der Waals surface area contributed by atoms with Crippen molar-refractivity contribution in [2.24, 2.45) is 0 Å². The van der Waals surface area contributed by atoms with Crippen LogP contribution >= 0.6 is 22.7 Å². The van der Waals surface area contributed by atoms with E-state index in [2.05, 4.69) is 74.9 Å². The van der Waals surface area contributed by atoms with Gasteiger partial charge < -0.3 is 19.7 Å². The van der Waals surface area contributed by atoms with Gasteiger partial charge in [-0.3, -0.25) is 0 Å². The minimum Gasteiger partial charge on any atom is -0.506 e. The van der Waals surface area contributed by atoms with Crippen LogP contribution in [0.5, 0.6) is 23.0 Å². The molecule has 0 aliphatic rings. The van der Waals surface area contributed by atoms with Crippen LogP contribution in [0.3, 0.4) is 0 Å². The average Bonchev–Trinajstić information content (AvgIpc) is 3.83. The summed E-state index contributed by atoms with van der Waals surface area (Å²) in [7, 11) is 0. The molecule has 0 radical (unpaired) electrons. The molecule has 6 rings (SSSR count). The van der Waals surface area contributed by atoms with Gasteiger partial charge in [-0.25, -0.2) is 0 Å². The number of hydrogen-bond donors (Lipinski definition) is 2. The number of aryl methyl sites for hydroxylation is 4. The topological polar surface area (TPSA) is 58.9 Å². The molecule has 2 heterocycles. The number of aromatic hydroxyl groups is 2. The van der Waals surface area contributed by atoms with Crippen molar-refractivity contribution in [3.8, 4) is 66.1 Å². The number of rotatable bonds is 23. The Morgan fingerprint density at radius 3 is 1.12 bits per heavy atom. The van der Waals surface area contributed by atoms with Crippen molar-refractivity contribution in [1.29, 1.82) is 0 Å². The van der Waals surface area contributed by atoms with Crippen molar-refractivity contribution < 1.29 is 19.7 Å². The summed E-state index contributed by atoms with van der Waals surface area (Å²) in [5.41, 5.74) is 11.0. The lowest BCUT2D eigenvalue weighted by molar-refractivity contribution is 0.267. The molecule has 4 aromatic carbocycles. The second-order valence-corrected chi connectivity index (χ2v) is 17.3. The maximum absolute atomic E-state index is 11.6. The van der Waals surface area contributed by atoms with Crippen LogP contribution in [0.15, 0.2) is 95.7 Å². The molecule has 0 spiro atoms. The molecular formula is C52H62O4S2. The molecule has 0 aliphatic heterocycles. The van der Waals surface area contributed by atoms with Gasteiger partial charge >= 0.3 is 0 Å². The molecule has 4 nitrogen and oxygen atoms in total. The summed E-state index contributed by atoms with van der Waals surface area (Å²) in [5, 5.41) is 27.4. The van der Waals surface area contributed by atoms with Gasteiger partial charge in [-0.2, -0.15) is 0 Å². The standard InChI is InChI=1S/C52H62O4S2/c1-5-9-19-37-29-38(20-10-6-2)32-41(31-37)51-49(53)45(35-57-51)43-23-13-15-25-47(43)55-27-17-18-28-56-48-26-16-14-24-44(48)46-36-58-52(50(46)54)42-33-39(21-11-7-3)30-40(34-42)22-12-8-4/h13-16,23-26,29-36,53-54H,5-12,17-22,27-28H2,1-4H3. The molecule has 2 N–H and O–H groups in total. The summed E-state index contributed by atoms with van der Waals surface area (Å²) in [6.07, 6.45) is 15.2. The SMILES string of the molecule is CCCCc1cc(CCCC)cc(-c2scc(-c3ccccc3OCCCCOc3ccccc3-c3csc(-c4cc(CCCC)cc(CCCC)c4)c3O)c2O)c1. The van der Waals surface area contributed by atoms with Gasteiger partial charge in [0.1, 0.15) is 23.0 Å². The highest BCUT2D eigenvalue weighted by Gasteiger charge is 2.20. The number of thiophene rings is 2. The molecule has 58 heavy (non-hydrogen) atoms. The van der Waals surface area contributed by atoms with Crippen LogP contribution in [0.2, 0.25) is 0 Å². The predicted octanol–water partition coefficient (Wildman–Crippen LogP) is 15.5. The zero-order chi connectivity index (χ0) is 40.7. The van der Waals surface area contributed by atoms with E-state index in [9.17, 15) is 10.2 Å². The minimum atomic E-state index is 0.322. The summed E-state index contributed by atoms with van der Waals surface area (Å²) in [4.78, 5) is 1.83. The second kappa shape index (κ2) is 22.0. The Labute approximate surface area is 355 Å². The van der Waals surface area contributed by atoms with Crippen molar-refractivity contribution in [2.75, 3.05) is 13.2 Å². The molecule has 0 atom stereocenters. The lowest BCUT2D eigenvalue weighted by Gasteiger charge is -2.13. The van der Waals surface area contributed by atoms with Crippen LogP contribution in [0, 0.1) is 0 Å². The van der Waals surface area contributed by atoms with Crippen LogP contribution in [-0.2, 0) is 25.7 Å². The third-order valence-corrected chi connectivity index (χ3v) is 12.9. The van der Waals surface area contributed by atoms with Crippen molar-refractivity contribution in [2.45, 2.75) is 118 Å². The molecule has 0 saturated carbocycles. The molecule has 6 aromatic rings. The molecule has 0 saturated heterocycles. The number of unbranched alkanes of at least 4 members (excludes halogenated alkanes) is 5. The van der Waals surface area contributed by atoms with E-state index in [4.69, 9.17) is 9.47 Å². The van der Waals surface area contributed by atoms with E-state index < -0.39 is 0 Å². The van der Waals surface area contributed by atoms with Crippen molar-refractivity contribution in [1.82, 2.24) is 0 Å². The highest BCUT2D eigenvalue weighted by molar-refractivity contribution is 7.14. The molecule has 0 fully saturated rings. The van der Waals surface area contributed by atoms with Gasteiger partial charge in [0.2, 0.25) is 0 Å². The highest BCUT2D eigenvalue weighted by Crippen LogP contribution is 2.48. The van der Waals surface area contributed by atoms with E-state index in [0.29, 0.717) is 24.7 Å². The third kappa shape index (κ3) is 11.1. The van der Waals surface area contributed by atoms with Crippen LogP contribution in [-0.4, -0.2) is 23.4 Å². The van der Waals surface area contributed by atoms with Crippen molar-refractivity contribution in [3.63, 3.8) is 0 Å². The van der Waals surface area contributed by atoms with Gasteiger partial charge in [0.05, 0.1) is 23.0 Å². The van der Waals surface area contributed by atoms with E-state index in [-0.39, 0.29) is 0 Å². The molecular weight excluding hydrogens is 753 g/mol. The number of para-hydroxylation sites is 2. The first-order valence-electron chi connectivity index (χ1n) is 21.8. The smallest absolute Gasteiger partial charge is 0.142 e. The Morgan fingerprint density at radius 1 is 0.431 bits per heavy atom. The van der Waals surface area contributed by atoms with Crippen LogP contribution in [0.4, 0.5) is 0 Å². The lowest BCUT2D eigenvalue weighted by Crippen LogP contribution is -2.03. The van der Waals surface area contributed by atoms with E-state index in [1.807, 2.05) is 48.5 Å². The molecule has 306 valence electrons. The van der Waals surface area contributed by atoms with Gasteiger partial charge in [0.25, 0.3) is 0 Å². The normalized spacial score (nSPS) is 11.3. The Bertz CT molecular complexity index is 1990. The van der Waals surface area contributed by atoms with E-state index >= 15 is 0 Å². The fourth-order valence-electron chi connectivity index (χ4n) is 7.58. The highest BCUT2D eigenvalue weighted by atomic mass is 32.1. The number of ether oxygens (including phenoxy) is 2. The van der Waals surface area contributed by atoms with E-state index in [1.165, 1.54) is 22.3 Å². The molecule has 2 aromatic heterocycles. The first-order chi connectivity index (χ1) is 28.4. The maximum atomic E-state index is 11.6. The quantitative estimate of drug-likeness (QED) is 0.0633. The Kier molecular flexibility index (Phi) is 16.3. The molecule has 0 aliphatic carbocycles. The average molecular weight is 815 g/mol. The zero-order valence-corrected chi connectivity index (χ0v) is 36.7. The largest absolute Gasteiger partial charge is 0.506 e. The summed E-state index contributed by atoms with van der Waals surface area (Å²) in [6.45, 7) is 10.0. The van der Waals surface area contributed by atoms with Gasteiger partial charge in [0, 0.05) is 33.0 Å². The van der Waals surface area contributed by atoms with Gasteiger partial charge in [-0.15, -0.1) is 22.7 Å². The first-order valence-corrected chi connectivity index (χ1v) is 23.5. The van der Waals surface area contributed by atoms with Gasteiger partial charge in [0.15, 0.2) is 0 Å². The lowest BCUT2D eigenvalue weighted by atomic mass is 9.97. The monoisotopic (exact) mass is 814 g/mol. The third-order valence-electron chi connectivity index (χ3n) is 10.8. The van der Waals surface area contributed by atoms with Crippen molar-refractivity contribution >= 4 is 22.7 Å². The summed E-state index contributed by atoms with van der Waals surface area (Å²) >= 11 is 3.20. The number of hydrogen-bond acceptors (Lipinski definition) is 6. The summed E-state index contributed by atoms with van der Waals surface area (Å²) < 4.78 is 12.7. The zero-order valence-electron chi connectivity index (χ0n) is 35.1. The maximum Gasteiger partial charge on any atom is 0.142 e. The number of benzene rings is 4. The molecule has 0 amide bonds. The summed E-state index contributed by atoms with van der Waals surface area (Å²) in [5.74, 6) is 2.18. The Balaban J connectivity index is 1.09. The fourth-order valence-corrected chi connectivity index (χ4v) is 9.48. The fraction of sp³-hybridized carbons (Fsp3) is 0.385. The Hall–Kier alpha value is -4.52.